The van der Waals surface area contributed by atoms with Gasteiger partial charge in [-0.15, -0.1) is 0 Å². The van der Waals surface area contributed by atoms with Crippen LogP contribution in [0.15, 0.2) is 30.5 Å². The maximum Gasteiger partial charge on any atom is 0.229 e. The largest absolute Gasteiger partial charge is 0.295 e. The van der Waals surface area contributed by atoms with Crippen molar-refractivity contribution in [2.24, 2.45) is 0 Å². The van der Waals surface area contributed by atoms with E-state index in [9.17, 15) is 9.59 Å². The molecule has 2 aromatic rings. The summed E-state index contributed by atoms with van der Waals surface area (Å²) >= 11 is 0. The second kappa shape index (κ2) is 8.21. The van der Waals surface area contributed by atoms with Gasteiger partial charge in [0.2, 0.25) is 11.9 Å². The van der Waals surface area contributed by atoms with Gasteiger partial charge in [0.25, 0.3) is 0 Å². The molecule has 1 heterocycles. The summed E-state index contributed by atoms with van der Waals surface area (Å²) in [7, 11) is 0. The van der Waals surface area contributed by atoms with Crippen molar-refractivity contribution in [3.63, 3.8) is 0 Å². The molecule has 1 atom stereocenters. The van der Waals surface area contributed by atoms with E-state index in [1.807, 2.05) is 6.92 Å². The number of rotatable bonds is 6. The average molecular weight is 351 g/mol. The van der Waals surface area contributed by atoms with Crippen LogP contribution in [0.1, 0.15) is 72.1 Å². The van der Waals surface area contributed by atoms with Crippen molar-refractivity contribution >= 4 is 17.6 Å². The summed E-state index contributed by atoms with van der Waals surface area (Å²) in [5.41, 5.74) is 3.66. The second-order valence-electron chi connectivity index (χ2n) is 7.00. The maximum absolute atomic E-state index is 12.5. The number of anilines is 1. The number of benzene rings is 1. The van der Waals surface area contributed by atoms with Gasteiger partial charge in [0, 0.05) is 19.0 Å². The summed E-state index contributed by atoms with van der Waals surface area (Å²) in [6.45, 7) is 4.15. The third-order valence-corrected chi connectivity index (χ3v) is 4.85. The fraction of sp³-hybridized carbons (Fsp3) is 0.429. The van der Waals surface area contributed by atoms with Gasteiger partial charge in [0.05, 0.1) is 11.3 Å². The number of fused-ring (bicyclic) bond motifs is 1. The van der Waals surface area contributed by atoms with Gasteiger partial charge in [-0.1, -0.05) is 49.6 Å². The number of ketones is 1. The summed E-state index contributed by atoms with van der Waals surface area (Å²) in [5.74, 6) is 0.412. The summed E-state index contributed by atoms with van der Waals surface area (Å²) in [6.07, 6.45) is 6.15. The van der Waals surface area contributed by atoms with Gasteiger partial charge >= 0.3 is 0 Å². The zero-order valence-electron chi connectivity index (χ0n) is 15.4. The zero-order chi connectivity index (χ0) is 18.5. The number of hydrogen-bond acceptors (Lipinski definition) is 4. The first-order valence-corrected chi connectivity index (χ1v) is 9.32. The molecule has 1 unspecified atom stereocenters. The molecule has 5 heteroatoms. The molecule has 5 nitrogen and oxygen atoms in total. The van der Waals surface area contributed by atoms with E-state index >= 15 is 0 Å². The number of aryl methyl sites for hydroxylation is 1. The molecule has 1 aliphatic rings. The van der Waals surface area contributed by atoms with E-state index in [4.69, 9.17) is 0 Å². The minimum absolute atomic E-state index is 0.0673. The second-order valence-corrected chi connectivity index (χ2v) is 7.00. The lowest BCUT2D eigenvalue weighted by molar-refractivity contribution is -0.116. The number of hydrogen-bond donors (Lipinski definition) is 1. The number of Topliss-reactive ketones (excluding diaryl/α,β-unsaturated/α-hetero) is 1. The molecule has 0 radical (unpaired) electrons. The lowest BCUT2D eigenvalue weighted by Crippen LogP contribution is -2.22. The molecule has 0 saturated heterocycles. The minimum atomic E-state index is -0.0735. The van der Waals surface area contributed by atoms with Gasteiger partial charge in [-0.3, -0.25) is 14.9 Å². The Hall–Kier alpha value is -2.56. The van der Waals surface area contributed by atoms with Crippen LogP contribution in [-0.4, -0.2) is 21.7 Å². The highest BCUT2D eigenvalue weighted by Crippen LogP contribution is 2.32. The first-order valence-electron chi connectivity index (χ1n) is 9.32. The Morgan fingerprint density at radius 2 is 1.96 bits per heavy atom. The van der Waals surface area contributed by atoms with Crippen molar-refractivity contribution < 1.29 is 9.59 Å². The Kier molecular flexibility index (Phi) is 5.76. The van der Waals surface area contributed by atoms with Crippen molar-refractivity contribution in [1.82, 2.24) is 9.97 Å². The quantitative estimate of drug-likeness (QED) is 0.791. The Morgan fingerprint density at radius 3 is 2.69 bits per heavy atom. The fourth-order valence-electron chi connectivity index (χ4n) is 3.30. The minimum Gasteiger partial charge on any atom is -0.295 e. The number of nitrogens with zero attached hydrogens (tertiary/aromatic N) is 2. The molecule has 0 aliphatic heterocycles. The molecule has 0 bridgehead atoms. The van der Waals surface area contributed by atoms with Crippen LogP contribution < -0.4 is 5.32 Å². The SMILES string of the molecule is CCCCCC(=O)Nc1ncc2c(n1)CC(c1ccc(C)cc1)CC2=O. The van der Waals surface area contributed by atoms with E-state index in [1.165, 1.54) is 5.56 Å². The summed E-state index contributed by atoms with van der Waals surface area (Å²) in [4.78, 5) is 33.1. The van der Waals surface area contributed by atoms with E-state index in [2.05, 4.69) is 46.5 Å². The maximum atomic E-state index is 12.5. The van der Waals surface area contributed by atoms with Gasteiger partial charge in [0.1, 0.15) is 0 Å². The Bertz CT molecular complexity index is 799. The van der Waals surface area contributed by atoms with Crippen LogP contribution in [0, 0.1) is 6.92 Å². The molecular formula is C21H25N3O2. The van der Waals surface area contributed by atoms with Crippen molar-refractivity contribution in [3.8, 4) is 0 Å². The van der Waals surface area contributed by atoms with Crippen LogP contribution in [-0.2, 0) is 11.2 Å². The van der Waals surface area contributed by atoms with E-state index < -0.39 is 0 Å². The lowest BCUT2D eigenvalue weighted by Gasteiger charge is -2.23. The molecule has 1 aromatic heterocycles. The lowest BCUT2D eigenvalue weighted by atomic mass is 9.82. The van der Waals surface area contributed by atoms with Crippen molar-refractivity contribution in [2.45, 2.75) is 58.3 Å². The zero-order valence-corrected chi connectivity index (χ0v) is 15.4. The van der Waals surface area contributed by atoms with Crippen LogP contribution in [0.4, 0.5) is 5.95 Å². The molecule has 1 aliphatic carbocycles. The predicted octanol–water partition coefficient (Wildman–Crippen LogP) is 4.22. The van der Waals surface area contributed by atoms with Crippen LogP contribution in [0.3, 0.4) is 0 Å². The van der Waals surface area contributed by atoms with Crippen LogP contribution in [0.2, 0.25) is 0 Å². The number of carbonyl (C=O) groups is 2. The monoisotopic (exact) mass is 351 g/mol. The van der Waals surface area contributed by atoms with Gasteiger partial charge in [-0.2, -0.15) is 0 Å². The number of amides is 1. The number of aromatic nitrogens is 2. The number of nitrogens with one attached hydrogen (secondary N) is 1. The van der Waals surface area contributed by atoms with Crippen molar-refractivity contribution in [3.05, 3.63) is 52.8 Å². The summed E-state index contributed by atoms with van der Waals surface area (Å²) in [5, 5.41) is 2.76. The van der Waals surface area contributed by atoms with Gasteiger partial charge in [0.15, 0.2) is 5.78 Å². The summed E-state index contributed by atoms with van der Waals surface area (Å²) in [6, 6.07) is 8.29. The Balaban J connectivity index is 1.73. The highest BCUT2D eigenvalue weighted by molar-refractivity contribution is 5.98. The molecule has 1 N–H and O–H groups in total. The van der Waals surface area contributed by atoms with Gasteiger partial charge < -0.3 is 0 Å². The van der Waals surface area contributed by atoms with Crippen molar-refractivity contribution in [1.29, 1.82) is 0 Å². The van der Waals surface area contributed by atoms with Crippen LogP contribution in [0.25, 0.3) is 0 Å². The average Bonchev–Trinajstić information content (AvgIpc) is 2.62. The number of unbranched alkanes of at least 4 members (excludes halogenated alkanes) is 2. The van der Waals surface area contributed by atoms with E-state index in [0.29, 0.717) is 30.8 Å². The van der Waals surface area contributed by atoms with Gasteiger partial charge in [-0.05, 0) is 31.2 Å². The highest BCUT2D eigenvalue weighted by atomic mass is 16.1. The molecule has 1 aromatic carbocycles. The fourth-order valence-corrected chi connectivity index (χ4v) is 3.30. The number of carbonyl (C=O) groups excluding carboxylic acids is 2. The van der Waals surface area contributed by atoms with E-state index in [0.717, 1.165) is 30.5 Å². The third-order valence-electron chi connectivity index (χ3n) is 4.85. The highest BCUT2D eigenvalue weighted by Gasteiger charge is 2.28. The van der Waals surface area contributed by atoms with E-state index in [1.54, 1.807) is 6.20 Å². The van der Waals surface area contributed by atoms with E-state index in [-0.39, 0.29) is 17.6 Å². The Labute approximate surface area is 154 Å². The van der Waals surface area contributed by atoms with Crippen LogP contribution in [0.5, 0.6) is 0 Å². The molecule has 136 valence electrons. The van der Waals surface area contributed by atoms with Gasteiger partial charge in [-0.25, -0.2) is 9.97 Å². The molecule has 0 fully saturated rings. The Morgan fingerprint density at radius 1 is 1.19 bits per heavy atom. The molecule has 1 amide bonds. The predicted molar refractivity (Wildman–Crippen MR) is 101 cm³/mol. The molecule has 0 spiro atoms. The molecular weight excluding hydrogens is 326 g/mol. The molecule has 3 rings (SSSR count). The first-order chi connectivity index (χ1) is 12.6. The summed E-state index contributed by atoms with van der Waals surface area (Å²) < 4.78 is 0. The van der Waals surface area contributed by atoms with Crippen LogP contribution >= 0.6 is 0 Å². The van der Waals surface area contributed by atoms with Crippen molar-refractivity contribution in [2.75, 3.05) is 5.32 Å². The molecule has 0 saturated carbocycles. The normalized spacial score (nSPS) is 16.2. The standard InChI is InChI=1S/C21H25N3O2/c1-3-4-5-6-20(26)24-21-22-13-17-18(23-21)11-16(12-19(17)25)15-9-7-14(2)8-10-15/h7-10,13,16H,3-6,11-12H2,1-2H3,(H,22,23,24,26). The third kappa shape index (κ3) is 4.34. The first kappa shape index (κ1) is 18.2. The molecule has 26 heavy (non-hydrogen) atoms. The topological polar surface area (TPSA) is 72.0 Å². The smallest absolute Gasteiger partial charge is 0.229 e.